The molecule has 0 unspecified atom stereocenters. The van der Waals surface area contributed by atoms with Crippen molar-refractivity contribution in [2.45, 2.75) is 52.4 Å². The molecule has 1 aliphatic carbocycles. The minimum atomic E-state index is -2.97. The number of carbonyl (C=O) groups is 1. The highest BCUT2D eigenvalue weighted by molar-refractivity contribution is 6.04. The van der Waals surface area contributed by atoms with Crippen molar-refractivity contribution in [2.24, 2.45) is 16.6 Å². The van der Waals surface area contributed by atoms with Crippen molar-refractivity contribution in [3.8, 4) is 0 Å². The van der Waals surface area contributed by atoms with E-state index in [2.05, 4.69) is 9.98 Å². The number of hydrogen-bond donors (Lipinski definition) is 1. The van der Waals surface area contributed by atoms with Gasteiger partial charge in [-0.15, -0.1) is 0 Å². The van der Waals surface area contributed by atoms with E-state index in [4.69, 9.17) is 10.2 Å². The van der Waals surface area contributed by atoms with E-state index in [1.807, 2.05) is 13.8 Å². The third-order valence-corrected chi connectivity index (χ3v) is 4.81. The van der Waals surface area contributed by atoms with Crippen LogP contribution in [0.15, 0.2) is 39.8 Å². The number of rotatable bonds is 5. The molecule has 1 aromatic carbocycles. The summed E-state index contributed by atoms with van der Waals surface area (Å²) in [6.07, 6.45) is 5.41. The lowest BCUT2D eigenvalue weighted by Crippen LogP contribution is -2.23. The van der Waals surface area contributed by atoms with Crippen LogP contribution in [0.25, 0.3) is 5.57 Å². The summed E-state index contributed by atoms with van der Waals surface area (Å²) in [5, 5.41) is 0. The largest absolute Gasteiger partial charge is 0.441 e. The molecule has 0 saturated heterocycles. The molecule has 1 aliphatic rings. The van der Waals surface area contributed by atoms with Gasteiger partial charge in [-0.1, -0.05) is 19.9 Å². The number of primary amides is 1. The van der Waals surface area contributed by atoms with Gasteiger partial charge in [-0.3, -0.25) is 9.79 Å². The number of amides is 1. The Morgan fingerprint density at radius 3 is 2.45 bits per heavy atom. The van der Waals surface area contributed by atoms with Crippen LogP contribution >= 0.6 is 0 Å². The van der Waals surface area contributed by atoms with Crippen LogP contribution in [0.3, 0.4) is 0 Å². The highest BCUT2D eigenvalue weighted by Crippen LogP contribution is 2.30. The SMILES string of the molecule is CN=C(/C=C(/c1nc2c(o1)CCCC2)C(C)C)C(C)(F)F.NC(=O)c1cccc(F)c1. The van der Waals surface area contributed by atoms with Gasteiger partial charge in [-0.2, -0.15) is 8.78 Å². The molecule has 1 heterocycles. The molecule has 1 aromatic heterocycles. The maximum atomic E-state index is 13.5. The van der Waals surface area contributed by atoms with E-state index in [1.54, 1.807) is 0 Å². The van der Waals surface area contributed by atoms with Crippen LogP contribution < -0.4 is 5.73 Å². The normalized spacial score (nSPS) is 14.7. The van der Waals surface area contributed by atoms with Crippen LogP contribution in [0.4, 0.5) is 13.2 Å². The molecule has 2 N–H and O–H groups in total. The van der Waals surface area contributed by atoms with Gasteiger partial charge in [0.2, 0.25) is 11.8 Å². The maximum Gasteiger partial charge on any atom is 0.286 e. The second kappa shape index (κ2) is 10.4. The van der Waals surface area contributed by atoms with Crippen LogP contribution in [0, 0.1) is 11.7 Å². The third-order valence-electron chi connectivity index (χ3n) is 4.81. The molecule has 31 heavy (non-hydrogen) atoms. The zero-order chi connectivity index (χ0) is 23.2. The van der Waals surface area contributed by atoms with Gasteiger partial charge in [0.15, 0.2) is 0 Å². The lowest BCUT2D eigenvalue weighted by molar-refractivity contribution is 0.0996. The van der Waals surface area contributed by atoms with Crippen molar-refractivity contribution in [1.29, 1.82) is 0 Å². The van der Waals surface area contributed by atoms with Gasteiger partial charge in [-0.25, -0.2) is 9.37 Å². The number of carbonyl (C=O) groups excluding carboxylic acids is 1. The van der Waals surface area contributed by atoms with Crippen LogP contribution in [-0.2, 0) is 12.8 Å². The summed E-state index contributed by atoms with van der Waals surface area (Å²) in [5.74, 6) is -2.63. The van der Waals surface area contributed by atoms with Gasteiger partial charge >= 0.3 is 0 Å². The molecule has 168 valence electrons. The zero-order valence-electron chi connectivity index (χ0n) is 18.2. The second-order valence-electron chi connectivity index (χ2n) is 7.72. The van der Waals surface area contributed by atoms with Crippen LogP contribution in [0.5, 0.6) is 0 Å². The maximum absolute atomic E-state index is 13.5. The fourth-order valence-electron chi connectivity index (χ4n) is 3.13. The number of aliphatic imine (C=N–C) groups is 1. The Balaban J connectivity index is 0.000000285. The number of hydrogen-bond acceptors (Lipinski definition) is 4. The topological polar surface area (TPSA) is 81.5 Å². The summed E-state index contributed by atoms with van der Waals surface area (Å²) >= 11 is 0. The standard InChI is InChI=1S/C16H22F2N2O.C7H6FNO/c1-10(2)11(9-14(19-4)16(3,17)18)15-20-12-7-5-6-8-13(12)21-15;8-6-3-1-2-5(4-6)7(9)10/h9-10H,5-8H2,1-4H3;1-4H,(H2,9,10)/b11-9+,19-14?;. The van der Waals surface area contributed by atoms with E-state index in [9.17, 15) is 18.0 Å². The third kappa shape index (κ3) is 6.80. The summed E-state index contributed by atoms with van der Waals surface area (Å²) in [4.78, 5) is 18.6. The Hall–Kier alpha value is -2.90. The van der Waals surface area contributed by atoms with Gasteiger partial charge in [0.25, 0.3) is 5.92 Å². The number of alkyl halides is 2. The van der Waals surface area contributed by atoms with E-state index >= 15 is 0 Å². The van der Waals surface area contributed by atoms with Crippen LogP contribution in [0.1, 0.15) is 61.3 Å². The number of benzene rings is 1. The van der Waals surface area contributed by atoms with Gasteiger partial charge in [0.05, 0.1) is 5.69 Å². The first-order valence-electron chi connectivity index (χ1n) is 10.1. The zero-order valence-corrected chi connectivity index (χ0v) is 18.2. The van der Waals surface area contributed by atoms with Gasteiger partial charge in [0.1, 0.15) is 17.3 Å². The minimum absolute atomic E-state index is 0.0317. The van der Waals surface area contributed by atoms with Crippen molar-refractivity contribution < 1.29 is 22.4 Å². The molecular weight excluding hydrogens is 407 g/mol. The highest BCUT2D eigenvalue weighted by atomic mass is 19.3. The van der Waals surface area contributed by atoms with Crippen molar-refractivity contribution in [3.05, 3.63) is 59.1 Å². The van der Waals surface area contributed by atoms with Crippen LogP contribution in [-0.4, -0.2) is 29.6 Å². The van der Waals surface area contributed by atoms with Gasteiger partial charge in [0, 0.05) is 31.5 Å². The number of fused-ring (bicyclic) bond motifs is 1. The predicted molar refractivity (Wildman–Crippen MR) is 115 cm³/mol. The van der Waals surface area contributed by atoms with Crippen molar-refractivity contribution >= 4 is 17.2 Å². The fourth-order valence-corrected chi connectivity index (χ4v) is 3.13. The first-order valence-corrected chi connectivity index (χ1v) is 10.1. The predicted octanol–water partition coefficient (Wildman–Crippen LogP) is 5.24. The molecular formula is C23H28F3N3O2. The van der Waals surface area contributed by atoms with E-state index < -0.39 is 17.6 Å². The second-order valence-corrected chi connectivity index (χ2v) is 7.72. The molecule has 1 amide bonds. The molecule has 8 heteroatoms. The summed E-state index contributed by atoms with van der Waals surface area (Å²) < 4.78 is 45.2. The van der Waals surface area contributed by atoms with Crippen molar-refractivity contribution in [1.82, 2.24) is 4.98 Å². The smallest absolute Gasteiger partial charge is 0.286 e. The van der Waals surface area contributed by atoms with E-state index in [-0.39, 0.29) is 17.2 Å². The molecule has 2 aromatic rings. The average Bonchev–Trinajstić information content (AvgIpc) is 3.11. The number of nitrogens with two attached hydrogens (primary N) is 1. The average molecular weight is 435 g/mol. The lowest BCUT2D eigenvalue weighted by atomic mass is 10.00. The molecule has 0 bridgehead atoms. The number of aryl methyl sites for hydroxylation is 2. The number of aromatic nitrogens is 1. The molecule has 0 saturated carbocycles. The Morgan fingerprint density at radius 2 is 1.97 bits per heavy atom. The van der Waals surface area contributed by atoms with Gasteiger partial charge in [-0.05, 0) is 49.5 Å². The summed E-state index contributed by atoms with van der Waals surface area (Å²) in [6, 6.07) is 5.26. The number of nitrogens with zero attached hydrogens (tertiary/aromatic N) is 2. The molecule has 5 nitrogen and oxygen atoms in total. The Morgan fingerprint density at radius 1 is 1.29 bits per heavy atom. The Labute approximate surface area is 180 Å². The highest BCUT2D eigenvalue weighted by Gasteiger charge is 2.29. The first-order chi connectivity index (χ1) is 14.5. The first kappa shape index (κ1) is 24.4. The quantitative estimate of drug-likeness (QED) is 0.652. The molecule has 0 atom stereocenters. The fraction of sp³-hybridized carbons (Fsp3) is 0.435. The molecule has 0 aliphatic heterocycles. The van der Waals surface area contributed by atoms with E-state index in [0.29, 0.717) is 11.5 Å². The molecule has 0 radical (unpaired) electrons. The summed E-state index contributed by atoms with van der Waals surface area (Å²) in [6.45, 7) is 4.73. The molecule has 0 fully saturated rings. The van der Waals surface area contributed by atoms with Gasteiger partial charge < -0.3 is 10.2 Å². The number of halogens is 3. The molecule has 0 spiro atoms. The minimum Gasteiger partial charge on any atom is -0.441 e. The Kier molecular flexibility index (Phi) is 8.19. The number of oxazole rings is 1. The molecule has 3 rings (SSSR count). The number of allylic oxidation sites excluding steroid dienone is 2. The van der Waals surface area contributed by atoms with E-state index in [1.165, 1.54) is 31.3 Å². The Bertz CT molecular complexity index is 949. The van der Waals surface area contributed by atoms with Crippen LogP contribution in [0.2, 0.25) is 0 Å². The van der Waals surface area contributed by atoms with E-state index in [0.717, 1.165) is 50.1 Å². The summed E-state index contributed by atoms with van der Waals surface area (Å²) in [7, 11) is 1.38. The van der Waals surface area contributed by atoms with Crippen molar-refractivity contribution in [2.75, 3.05) is 7.05 Å². The summed E-state index contributed by atoms with van der Waals surface area (Å²) in [5.41, 5.74) is 6.47. The lowest BCUT2D eigenvalue weighted by Gasteiger charge is -2.13. The van der Waals surface area contributed by atoms with Crippen molar-refractivity contribution in [3.63, 3.8) is 0 Å². The monoisotopic (exact) mass is 435 g/mol.